The molecule has 0 spiro atoms. The number of rotatable bonds is 6. The van der Waals surface area contributed by atoms with Gasteiger partial charge in [0.2, 0.25) is 5.89 Å². The van der Waals surface area contributed by atoms with Crippen molar-refractivity contribution >= 4 is 21.8 Å². The average molecular weight is 400 g/mol. The van der Waals surface area contributed by atoms with E-state index in [0.717, 1.165) is 9.87 Å². The van der Waals surface area contributed by atoms with Gasteiger partial charge in [0.15, 0.2) is 5.82 Å². The van der Waals surface area contributed by atoms with Crippen molar-refractivity contribution in [3.63, 3.8) is 0 Å². The molecule has 0 unspecified atom stereocenters. The minimum atomic E-state index is -4.02. The molecule has 3 aromatic rings. The molecule has 2 aromatic carbocycles. The van der Waals surface area contributed by atoms with E-state index in [-0.39, 0.29) is 22.8 Å². The Bertz CT molecular complexity index is 1120. The molecule has 1 N–H and O–H groups in total. The third-order valence-corrected chi connectivity index (χ3v) is 6.20. The van der Waals surface area contributed by atoms with Crippen molar-refractivity contribution in [2.45, 2.75) is 25.7 Å². The van der Waals surface area contributed by atoms with Gasteiger partial charge in [0.05, 0.1) is 10.5 Å². The second kappa shape index (κ2) is 7.47. The number of aromatic carboxylic acids is 1. The van der Waals surface area contributed by atoms with Gasteiger partial charge in [0.25, 0.3) is 10.0 Å². The second-order valence-electron chi connectivity index (χ2n) is 6.22. The fourth-order valence-electron chi connectivity index (χ4n) is 2.88. The Hall–Kier alpha value is -3.13. The smallest absolute Gasteiger partial charge is 0.335 e. The first-order chi connectivity index (χ1) is 13.3. The second-order valence-corrected chi connectivity index (χ2v) is 8.08. The largest absolute Gasteiger partial charge is 0.478 e. The normalized spacial score (nSPS) is 11.4. The molecule has 0 saturated carbocycles. The fraction of sp³-hybridized carbons (Fsp3) is 0.200. The lowest BCUT2D eigenvalue weighted by Crippen LogP contribution is -2.31. The first-order valence-electron chi connectivity index (χ1n) is 8.65. The Morgan fingerprint density at radius 2 is 1.82 bits per heavy atom. The van der Waals surface area contributed by atoms with E-state index in [0.29, 0.717) is 17.2 Å². The van der Waals surface area contributed by atoms with Crippen molar-refractivity contribution in [1.82, 2.24) is 4.98 Å². The summed E-state index contributed by atoms with van der Waals surface area (Å²) in [5, 5.41) is 9.31. The molecular weight excluding hydrogens is 380 g/mol. The lowest BCUT2D eigenvalue weighted by atomic mass is 10.1. The van der Waals surface area contributed by atoms with Crippen LogP contribution in [0.4, 0.5) is 5.82 Å². The van der Waals surface area contributed by atoms with Gasteiger partial charge >= 0.3 is 5.97 Å². The summed E-state index contributed by atoms with van der Waals surface area (Å²) in [4.78, 5) is 15.7. The maximum atomic E-state index is 13.2. The summed E-state index contributed by atoms with van der Waals surface area (Å²) in [6.45, 7) is 5.05. The van der Waals surface area contributed by atoms with Crippen molar-refractivity contribution in [1.29, 1.82) is 0 Å². The Kier molecular flexibility index (Phi) is 5.24. The van der Waals surface area contributed by atoms with Crippen molar-refractivity contribution in [3.8, 4) is 11.5 Å². The molecule has 0 aliphatic heterocycles. The minimum absolute atomic E-state index is 0.0565. The molecule has 28 heavy (non-hydrogen) atoms. The van der Waals surface area contributed by atoms with Crippen molar-refractivity contribution < 1.29 is 22.7 Å². The predicted octanol–water partition coefficient (Wildman–Crippen LogP) is 3.87. The molecule has 0 saturated heterocycles. The third kappa shape index (κ3) is 3.50. The van der Waals surface area contributed by atoms with Gasteiger partial charge in [0, 0.05) is 12.1 Å². The molecule has 0 aliphatic rings. The van der Waals surface area contributed by atoms with Crippen LogP contribution in [0.25, 0.3) is 11.5 Å². The summed E-state index contributed by atoms with van der Waals surface area (Å²) in [6.07, 6.45) is 0. The van der Waals surface area contributed by atoms with Gasteiger partial charge in [-0.25, -0.2) is 17.5 Å². The van der Waals surface area contributed by atoms with Gasteiger partial charge in [0.1, 0.15) is 5.76 Å². The molecule has 0 radical (unpaired) electrons. The number of carboxylic acid groups (broad SMARTS) is 1. The first-order valence-corrected chi connectivity index (χ1v) is 10.1. The Balaban J connectivity index is 2.08. The molecule has 0 atom stereocenters. The Morgan fingerprint density at radius 1 is 1.14 bits per heavy atom. The molecule has 146 valence electrons. The van der Waals surface area contributed by atoms with E-state index < -0.39 is 16.0 Å². The van der Waals surface area contributed by atoms with Crippen LogP contribution < -0.4 is 4.31 Å². The van der Waals surface area contributed by atoms with Crippen LogP contribution in [-0.4, -0.2) is 31.0 Å². The Morgan fingerprint density at radius 3 is 2.43 bits per heavy atom. The van der Waals surface area contributed by atoms with Crippen molar-refractivity contribution in [3.05, 3.63) is 65.4 Å². The van der Waals surface area contributed by atoms with Crippen LogP contribution in [0.2, 0.25) is 0 Å². The highest BCUT2D eigenvalue weighted by Gasteiger charge is 2.29. The summed E-state index contributed by atoms with van der Waals surface area (Å²) in [7, 11) is -4.02. The molecule has 1 heterocycles. The quantitative estimate of drug-likeness (QED) is 0.674. The summed E-state index contributed by atoms with van der Waals surface area (Å²) in [5.74, 6) is -0.327. The number of aromatic nitrogens is 1. The standard InChI is InChI=1S/C20H20N2O5S/c1-4-22(18-14(3)27-19(21-18)15-8-6-5-7-9-15)28(25,26)16-11-10-13(2)17(12-16)20(23)24/h5-12H,4H2,1-3H3,(H,23,24). The third-order valence-electron chi connectivity index (χ3n) is 4.34. The maximum Gasteiger partial charge on any atom is 0.335 e. The van der Waals surface area contributed by atoms with E-state index in [4.69, 9.17) is 4.42 Å². The van der Waals surface area contributed by atoms with Crippen molar-refractivity contribution in [2.24, 2.45) is 0 Å². The number of aryl methyl sites for hydroxylation is 2. The lowest BCUT2D eigenvalue weighted by Gasteiger charge is -2.21. The highest BCUT2D eigenvalue weighted by Crippen LogP contribution is 2.31. The van der Waals surface area contributed by atoms with Crippen LogP contribution in [0, 0.1) is 13.8 Å². The highest BCUT2D eigenvalue weighted by molar-refractivity contribution is 7.92. The number of nitrogens with zero attached hydrogens (tertiary/aromatic N) is 2. The summed E-state index contributed by atoms with van der Waals surface area (Å²) in [6, 6.07) is 13.2. The van der Waals surface area contributed by atoms with Gasteiger partial charge in [-0.3, -0.25) is 0 Å². The zero-order valence-corrected chi connectivity index (χ0v) is 16.5. The van der Waals surface area contributed by atoms with E-state index in [2.05, 4.69) is 4.98 Å². The summed E-state index contributed by atoms with van der Waals surface area (Å²) >= 11 is 0. The molecule has 1 aromatic heterocycles. The van der Waals surface area contributed by atoms with E-state index in [1.807, 2.05) is 30.3 Å². The van der Waals surface area contributed by atoms with E-state index >= 15 is 0 Å². The van der Waals surface area contributed by atoms with Crippen LogP contribution in [0.15, 0.2) is 57.8 Å². The van der Waals surface area contributed by atoms with Gasteiger partial charge in [-0.1, -0.05) is 24.3 Å². The van der Waals surface area contributed by atoms with Gasteiger partial charge < -0.3 is 9.52 Å². The number of oxazole rings is 1. The lowest BCUT2D eigenvalue weighted by molar-refractivity contribution is 0.0696. The number of hydrogen-bond acceptors (Lipinski definition) is 5. The number of carboxylic acids is 1. The van der Waals surface area contributed by atoms with Gasteiger partial charge in [-0.15, -0.1) is 0 Å². The highest BCUT2D eigenvalue weighted by atomic mass is 32.2. The van der Waals surface area contributed by atoms with Crippen LogP contribution in [0.3, 0.4) is 0 Å². The predicted molar refractivity (Wildman–Crippen MR) is 105 cm³/mol. The van der Waals surface area contributed by atoms with Crippen LogP contribution in [0.1, 0.15) is 28.6 Å². The zero-order valence-electron chi connectivity index (χ0n) is 15.7. The van der Waals surface area contributed by atoms with Crippen LogP contribution in [-0.2, 0) is 10.0 Å². The average Bonchev–Trinajstić information content (AvgIpc) is 3.04. The van der Waals surface area contributed by atoms with E-state index in [1.165, 1.54) is 18.2 Å². The first kappa shape index (κ1) is 19.6. The molecule has 3 rings (SSSR count). The zero-order chi connectivity index (χ0) is 20.5. The number of sulfonamides is 1. The maximum absolute atomic E-state index is 13.2. The molecule has 0 amide bonds. The fourth-order valence-corrected chi connectivity index (χ4v) is 4.37. The van der Waals surface area contributed by atoms with Crippen LogP contribution in [0.5, 0.6) is 0 Å². The number of hydrogen-bond donors (Lipinski definition) is 1. The van der Waals surface area contributed by atoms with Crippen LogP contribution >= 0.6 is 0 Å². The van der Waals surface area contributed by atoms with Crippen molar-refractivity contribution in [2.75, 3.05) is 10.8 Å². The number of anilines is 1. The SMILES string of the molecule is CCN(c1nc(-c2ccccc2)oc1C)S(=O)(=O)c1ccc(C)c(C(=O)O)c1. The molecule has 0 aliphatic carbocycles. The Labute approximate surface area is 163 Å². The van der Waals surface area contributed by atoms with Gasteiger partial charge in [-0.05, 0) is 50.6 Å². The molecular formula is C20H20N2O5S. The monoisotopic (exact) mass is 400 g/mol. The summed E-state index contributed by atoms with van der Waals surface area (Å²) in [5.41, 5.74) is 1.16. The molecule has 0 bridgehead atoms. The minimum Gasteiger partial charge on any atom is -0.478 e. The van der Waals surface area contributed by atoms with E-state index in [9.17, 15) is 18.3 Å². The number of carbonyl (C=O) groups is 1. The van der Waals surface area contributed by atoms with E-state index in [1.54, 1.807) is 20.8 Å². The molecule has 0 fully saturated rings. The number of benzene rings is 2. The summed E-state index contributed by atoms with van der Waals surface area (Å²) < 4.78 is 33.2. The molecule has 8 heteroatoms. The van der Waals surface area contributed by atoms with Gasteiger partial charge in [-0.2, -0.15) is 4.98 Å². The molecule has 7 nitrogen and oxygen atoms in total. The topological polar surface area (TPSA) is 101 Å².